The summed E-state index contributed by atoms with van der Waals surface area (Å²) in [6, 6.07) is 2.06. The molecule has 2 aliphatic rings. The number of aromatic nitrogens is 3. The molecule has 4 rings (SSSR count). The summed E-state index contributed by atoms with van der Waals surface area (Å²) in [7, 11) is 0. The Hall–Kier alpha value is -1.95. The van der Waals surface area contributed by atoms with Crippen molar-refractivity contribution in [1.82, 2.24) is 15.2 Å². The Morgan fingerprint density at radius 1 is 1.38 bits per heavy atom. The zero-order valence-corrected chi connectivity index (χ0v) is 12.0. The number of pyridine rings is 1. The lowest BCUT2D eigenvalue weighted by Crippen LogP contribution is -2.46. The van der Waals surface area contributed by atoms with Crippen molar-refractivity contribution in [3.8, 4) is 0 Å². The highest BCUT2D eigenvalue weighted by Gasteiger charge is 2.35. The average molecular weight is 286 g/mol. The maximum Gasteiger partial charge on any atom is 0.231 e. The van der Waals surface area contributed by atoms with Gasteiger partial charge in [-0.05, 0) is 18.9 Å². The van der Waals surface area contributed by atoms with Gasteiger partial charge in [0.15, 0.2) is 0 Å². The molecule has 1 atom stereocenters. The van der Waals surface area contributed by atoms with Gasteiger partial charge in [0.05, 0.1) is 10.9 Å². The maximum atomic E-state index is 12.9. The third kappa shape index (κ3) is 1.93. The number of carbonyl (C=O) groups excluding carboxylic acids is 1. The van der Waals surface area contributed by atoms with Gasteiger partial charge in [0, 0.05) is 43.5 Å². The summed E-state index contributed by atoms with van der Waals surface area (Å²) < 4.78 is 5.43. The lowest BCUT2D eigenvalue weighted by Gasteiger charge is -2.34. The Labute approximate surface area is 122 Å². The molecule has 0 saturated carbocycles. The van der Waals surface area contributed by atoms with Crippen LogP contribution >= 0.6 is 0 Å². The van der Waals surface area contributed by atoms with Crippen molar-refractivity contribution >= 4 is 22.6 Å². The predicted molar refractivity (Wildman–Crippen MR) is 78.1 cm³/mol. The lowest BCUT2D eigenvalue weighted by molar-refractivity contribution is -0.122. The second-order valence-corrected chi connectivity index (χ2v) is 5.89. The Balaban J connectivity index is 1.89. The number of nitrogens with zero attached hydrogens (tertiary/aromatic N) is 3. The molecular formula is C15H18N4O2. The third-order valence-electron chi connectivity index (χ3n) is 4.48. The summed E-state index contributed by atoms with van der Waals surface area (Å²) in [4.78, 5) is 19.3. The molecule has 2 aliphatic heterocycles. The van der Waals surface area contributed by atoms with E-state index in [2.05, 4.69) is 15.2 Å². The summed E-state index contributed by atoms with van der Waals surface area (Å²) in [5.74, 6) is 0.856. The summed E-state index contributed by atoms with van der Waals surface area (Å²) in [6.07, 6.45) is 4.15. The molecule has 1 saturated heterocycles. The molecule has 6 heteroatoms. The molecule has 0 bridgehead atoms. The molecule has 0 aromatic carbocycles. The fourth-order valence-electron chi connectivity index (χ4n) is 3.37. The van der Waals surface area contributed by atoms with Gasteiger partial charge in [-0.25, -0.2) is 4.98 Å². The molecule has 4 heterocycles. The number of amides is 1. The number of anilines is 1. The molecular weight excluding hydrogens is 268 g/mol. The first-order valence-electron chi connectivity index (χ1n) is 7.48. The number of hydrogen-bond donors (Lipinski definition) is 1. The van der Waals surface area contributed by atoms with Gasteiger partial charge in [0.1, 0.15) is 5.82 Å². The van der Waals surface area contributed by atoms with Crippen LogP contribution in [0.3, 0.4) is 0 Å². The molecule has 0 aliphatic carbocycles. The smallest absolute Gasteiger partial charge is 0.231 e. The fraction of sp³-hybridized carbons (Fsp3) is 0.533. The van der Waals surface area contributed by atoms with Crippen LogP contribution in [0.2, 0.25) is 0 Å². The molecule has 1 unspecified atom stereocenters. The van der Waals surface area contributed by atoms with E-state index >= 15 is 0 Å². The zero-order valence-electron chi connectivity index (χ0n) is 12.0. The highest BCUT2D eigenvalue weighted by Crippen LogP contribution is 2.35. The predicted octanol–water partition coefficient (Wildman–Crippen LogP) is 1.66. The van der Waals surface area contributed by atoms with Crippen LogP contribution in [0.15, 0.2) is 12.3 Å². The van der Waals surface area contributed by atoms with Crippen LogP contribution in [-0.4, -0.2) is 40.3 Å². The van der Waals surface area contributed by atoms with Crippen LogP contribution in [0, 0.1) is 5.92 Å². The van der Waals surface area contributed by atoms with E-state index in [4.69, 9.17) is 4.74 Å². The van der Waals surface area contributed by atoms with E-state index < -0.39 is 0 Å². The fourth-order valence-corrected chi connectivity index (χ4v) is 3.37. The number of nitrogens with one attached hydrogen (secondary N) is 1. The summed E-state index contributed by atoms with van der Waals surface area (Å²) in [6.45, 7) is 3.39. The van der Waals surface area contributed by atoms with Crippen molar-refractivity contribution in [2.75, 3.05) is 18.1 Å². The Bertz CT molecular complexity index is 690. The lowest BCUT2D eigenvalue weighted by atomic mass is 10.0. The first-order valence-corrected chi connectivity index (χ1v) is 7.48. The number of ether oxygens (including phenoxy) is 1. The van der Waals surface area contributed by atoms with Crippen molar-refractivity contribution < 1.29 is 9.53 Å². The van der Waals surface area contributed by atoms with E-state index in [1.54, 1.807) is 6.20 Å². The van der Waals surface area contributed by atoms with Crippen LogP contribution in [0.25, 0.3) is 10.9 Å². The molecule has 2 aromatic heterocycles. The van der Waals surface area contributed by atoms with E-state index in [9.17, 15) is 4.79 Å². The minimum atomic E-state index is -0.0642. The average Bonchev–Trinajstić information content (AvgIpc) is 2.88. The SMILES string of the molecule is CC1Cc2[nH]nc3ccnc(c23)N(C2CCOCC2)C1=O. The minimum absolute atomic E-state index is 0.0642. The molecule has 0 spiro atoms. The maximum absolute atomic E-state index is 12.9. The molecule has 0 radical (unpaired) electrons. The van der Waals surface area contributed by atoms with Gasteiger partial charge in [-0.1, -0.05) is 6.92 Å². The van der Waals surface area contributed by atoms with Crippen LogP contribution in [-0.2, 0) is 16.0 Å². The van der Waals surface area contributed by atoms with Crippen LogP contribution in [0.4, 0.5) is 5.82 Å². The van der Waals surface area contributed by atoms with E-state index in [1.165, 1.54) is 0 Å². The standard InChI is InChI=1S/C15H18N4O2/c1-9-8-12-13-11(17-18-12)2-5-16-14(13)19(15(9)20)10-3-6-21-7-4-10/h2,5,9-10H,3-4,6-8H2,1H3,(H,17,18). The molecule has 1 fully saturated rings. The summed E-state index contributed by atoms with van der Waals surface area (Å²) >= 11 is 0. The third-order valence-corrected chi connectivity index (χ3v) is 4.48. The van der Waals surface area contributed by atoms with Crippen LogP contribution in [0.5, 0.6) is 0 Å². The van der Waals surface area contributed by atoms with E-state index in [0.717, 1.165) is 35.3 Å². The van der Waals surface area contributed by atoms with Gasteiger partial charge in [-0.15, -0.1) is 0 Å². The number of aromatic amines is 1. The topological polar surface area (TPSA) is 71.1 Å². The van der Waals surface area contributed by atoms with E-state index in [1.807, 2.05) is 17.9 Å². The molecule has 1 amide bonds. The Kier molecular flexibility index (Phi) is 2.92. The summed E-state index contributed by atoms with van der Waals surface area (Å²) in [5.41, 5.74) is 1.90. The van der Waals surface area contributed by atoms with Gasteiger partial charge < -0.3 is 4.74 Å². The van der Waals surface area contributed by atoms with Crippen molar-refractivity contribution in [1.29, 1.82) is 0 Å². The highest BCUT2D eigenvalue weighted by atomic mass is 16.5. The monoisotopic (exact) mass is 286 g/mol. The normalized spacial score (nSPS) is 23.6. The largest absolute Gasteiger partial charge is 0.381 e. The Morgan fingerprint density at radius 3 is 3.00 bits per heavy atom. The minimum Gasteiger partial charge on any atom is -0.381 e. The zero-order chi connectivity index (χ0) is 14.4. The van der Waals surface area contributed by atoms with Crippen molar-refractivity contribution in [2.45, 2.75) is 32.2 Å². The van der Waals surface area contributed by atoms with Crippen molar-refractivity contribution in [3.63, 3.8) is 0 Å². The second-order valence-electron chi connectivity index (χ2n) is 5.89. The number of carbonyl (C=O) groups is 1. The molecule has 110 valence electrons. The second kappa shape index (κ2) is 4.80. The highest BCUT2D eigenvalue weighted by molar-refractivity contribution is 6.05. The van der Waals surface area contributed by atoms with Gasteiger partial charge >= 0.3 is 0 Å². The van der Waals surface area contributed by atoms with Crippen LogP contribution < -0.4 is 4.90 Å². The summed E-state index contributed by atoms with van der Waals surface area (Å²) in [5, 5.41) is 8.42. The van der Waals surface area contributed by atoms with E-state index in [0.29, 0.717) is 19.6 Å². The van der Waals surface area contributed by atoms with Gasteiger partial charge in [0.25, 0.3) is 0 Å². The van der Waals surface area contributed by atoms with Gasteiger partial charge in [-0.2, -0.15) is 5.10 Å². The number of rotatable bonds is 1. The molecule has 6 nitrogen and oxygen atoms in total. The number of hydrogen-bond acceptors (Lipinski definition) is 4. The number of H-pyrrole nitrogens is 1. The molecule has 2 aromatic rings. The molecule has 1 N–H and O–H groups in total. The van der Waals surface area contributed by atoms with Gasteiger partial charge in [-0.3, -0.25) is 14.8 Å². The Morgan fingerprint density at radius 2 is 2.19 bits per heavy atom. The van der Waals surface area contributed by atoms with Crippen LogP contribution in [0.1, 0.15) is 25.5 Å². The quantitative estimate of drug-likeness (QED) is 0.865. The van der Waals surface area contributed by atoms with Gasteiger partial charge in [0.2, 0.25) is 5.91 Å². The first-order chi connectivity index (χ1) is 10.3. The van der Waals surface area contributed by atoms with E-state index in [-0.39, 0.29) is 17.9 Å². The first kappa shape index (κ1) is 12.8. The van der Waals surface area contributed by atoms with Crippen molar-refractivity contribution in [2.24, 2.45) is 5.92 Å². The molecule has 21 heavy (non-hydrogen) atoms. The van der Waals surface area contributed by atoms with Crippen molar-refractivity contribution in [3.05, 3.63) is 18.0 Å².